The first-order chi connectivity index (χ1) is 36.5. The Balaban J connectivity index is 0.000000153. The topological polar surface area (TPSA) is 78.8 Å². The summed E-state index contributed by atoms with van der Waals surface area (Å²) in [6.07, 6.45) is 8.83. The number of hydrogen-bond donors (Lipinski definition) is 0. The van der Waals surface area contributed by atoms with Crippen molar-refractivity contribution in [3.8, 4) is 0 Å². The largest absolute Gasteiger partial charge is 0.464 e. The molecule has 0 amide bonds. The second kappa shape index (κ2) is 24.3. The van der Waals surface area contributed by atoms with Crippen LogP contribution in [0.15, 0.2) is 209 Å². The molecule has 6 aromatic heterocycles. The number of benzene rings is 6. The lowest BCUT2D eigenvalue weighted by molar-refractivity contribution is 0.430. The molecule has 0 aliphatic carbocycles. The van der Waals surface area contributed by atoms with Crippen LogP contribution in [0.2, 0.25) is 0 Å². The van der Waals surface area contributed by atoms with Gasteiger partial charge in [-0.05, 0) is 110 Å². The second-order valence-electron chi connectivity index (χ2n) is 26.4. The molecular formula is C73H88O6. The summed E-state index contributed by atoms with van der Waals surface area (Å²) in [7, 11) is 0. The third-order valence-electron chi connectivity index (χ3n) is 13.7. The van der Waals surface area contributed by atoms with Crippen molar-refractivity contribution in [2.75, 3.05) is 0 Å². The highest BCUT2D eigenvalue weighted by atomic mass is 16.3. The minimum atomic E-state index is 0. The van der Waals surface area contributed by atoms with Gasteiger partial charge in [-0.25, -0.2) is 0 Å². The van der Waals surface area contributed by atoms with Crippen LogP contribution in [-0.2, 0) is 32.5 Å². The summed E-state index contributed by atoms with van der Waals surface area (Å²) in [5, 5.41) is 7.20. The molecule has 416 valence electrons. The summed E-state index contributed by atoms with van der Waals surface area (Å²) < 4.78 is 32.7. The van der Waals surface area contributed by atoms with E-state index in [2.05, 4.69) is 197 Å². The molecule has 6 aromatic carbocycles. The fourth-order valence-electron chi connectivity index (χ4n) is 9.00. The number of hydrogen-bond acceptors (Lipinski definition) is 6. The highest BCUT2D eigenvalue weighted by Gasteiger charge is 2.22. The van der Waals surface area contributed by atoms with Crippen molar-refractivity contribution in [3.63, 3.8) is 0 Å². The summed E-state index contributed by atoms with van der Waals surface area (Å²) in [5.41, 5.74) is 13.5. The molecule has 0 saturated heterocycles. The maximum atomic E-state index is 5.73. The molecule has 0 unspecified atom stereocenters. The predicted molar refractivity (Wildman–Crippen MR) is 336 cm³/mol. The Labute approximate surface area is 471 Å². The van der Waals surface area contributed by atoms with E-state index in [1.54, 1.807) is 25.1 Å². The monoisotopic (exact) mass is 1060 g/mol. The van der Waals surface area contributed by atoms with Crippen LogP contribution in [-0.4, -0.2) is 0 Å². The molecule has 0 spiro atoms. The van der Waals surface area contributed by atoms with Gasteiger partial charge in [0.25, 0.3) is 0 Å². The molecule has 0 aliphatic heterocycles. The van der Waals surface area contributed by atoms with E-state index in [1.807, 2.05) is 85.1 Å². The average Bonchev–Trinajstić information content (AvgIpc) is 4.23. The normalized spacial score (nSPS) is 12.1. The summed E-state index contributed by atoms with van der Waals surface area (Å²) in [4.78, 5) is 0. The van der Waals surface area contributed by atoms with Crippen molar-refractivity contribution in [1.29, 1.82) is 0 Å². The van der Waals surface area contributed by atoms with Crippen LogP contribution in [0.3, 0.4) is 0 Å². The minimum Gasteiger partial charge on any atom is -0.464 e. The van der Waals surface area contributed by atoms with Crippen molar-refractivity contribution >= 4 is 65.8 Å². The van der Waals surface area contributed by atoms with Crippen molar-refractivity contribution in [2.45, 2.75) is 165 Å². The van der Waals surface area contributed by atoms with Crippen LogP contribution in [0.5, 0.6) is 0 Å². The Morgan fingerprint density at radius 1 is 0.278 bits per heavy atom. The van der Waals surface area contributed by atoms with Gasteiger partial charge in [0.2, 0.25) is 0 Å². The van der Waals surface area contributed by atoms with Gasteiger partial charge >= 0.3 is 0 Å². The summed E-state index contributed by atoms with van der Waals surface area (Å²) in [6.45, 7) is 39.6. The maximum absolute atomic E-state index is 5.73. The molecule has 6 heterocycles. The van der Waals surface area contributed by atoms with Gasteiger partial charge in [-0.15, -0.1) is 0 Å². The number of furan rings is 6. The molecule has 12 aromatic rings. The van der Waals surface area contributed by atoms with Gasteiger partial charge < -0.3 is 26.5 Å². The van der Waals surface area contributed by atoms with Crippen LogP contribution in [0.25, 0.3) is 65.8 Å². The first-order valence-corrected chi connectivity index (χ1v) is 27.3. The van der Waals surface area contributed by atoms with E-state index in [-0.39, 0.29) is 39.9 Å². The van der Waals surface area contributed by atoms with Gasteiger partial charge in [0.05, 0.1) is 31.3 Å². The van der Waals surface area contributed by atoms with Gasteiger partial charge in [0, 0.05) is 48.9 Å². The van der Waals surface area contributed by atoms with Crippen molar-refractivity contribution in [1.82, 2.24) is 0 Å². The molecule has 12 rings (SSSR count). The highest BCUT2D eigenvalue weighted by Crippen LogP contribution is 2.34. The number of fused-ring (bicyclic) bond motifs is 6. The SMILES string of the molecule is C.CC(C)(C)c1cc2ccccc2o1.CC(C)(C)c1ccc2ccoc2c1.CC(C)(C)c1ccc2occc2c1.CC(C)(C)c1cccc2ccoc12.CC(C)(C)c1cccc2occc12.CC(C)(C)c1coc2ccccc12. The first kappa shape index (κ1) is 60.8. The standard InChI is InChI=1S/6C12H14O.CH4/c1-12(2,3)10-4-5-11-9(8-10)6-7-13-11;1-12(2,3)10-5-4-9-6-7-13-11(9)8-10;1-12(2,3)10-5-4-6-11-9(10)7-8-13-11;1-12(2,3)10-6-4-5-9-7-8-13-11(9)10;1-12(2,3)10-8-13-11-7-5-4-6-9(10)11;1-12(2,3)11-8-9-6-4-5-7-10(9)13-11;/h6*4-8H,1-3H3;1H4. The predicted octanol–water partition coefficient (Wildman–Crippen LogP) is 23.0. The van der Waals surface area contributed by atoms with Gasteiger partial charge in [0.15, 0.2) is 0 Å². The Hall–Kier alpha value is -7.44. The minimum absolute atomic E-state index is 0. The zero-order chi connectivity index (χ0) is 56.8. The van der Waals surface area contributed by atoms with E-state index in [0.29, 0.717) is 0 Å². The Morgan fingerprint density at radius 2 is 0.747 bits per heavy atom. The molecule has 0 atom stereocenters. The second-order valence-corrected chi connectivity index (χ2v) is 26.4. The van der Waals surface area contributed by atoms with Gasteiger partial charge in [-0.3, -0.25) is 0 Å². The van der Waals surface area contributed by atoms with E-state index in [4.69, 9.17) is 26.5 Å². The molecule has 0 fully saturated rings. The lowest BCUT2D eigenvalue weighted by Crippen LogP contribution is -2.10. The van der Waals surface area contributed by atoms with E-state index in [0.717, 1.165) is 39.3 Å². The lowest BCUT2D eigenvalue weighted by Gasteiger charge is -2.19. The zero-order valence-electron chi connectivity index (χ0n) is 49.8. The van der Waals surface area contributed by atoms with Crippen LogP contribution < -0.4 is 0 Å². The summed E-state index contributed by atoms with van der Waals surface area (Å²) in [6, 6.07) is 51.7. The van der Waals surface area contributed by atoms with E-state index in [1.165, 1.54) is 60.1 Å². The quantitative estimate of drug-likeness (QED) is 0.151. The molecular weight excluding hydrogens is 973 g/mol. The Kier molecular flexibility index (Phi) is 18.7. The van der Waals surface area contributed by atoms with Crippen LogP contribution in [0.4, 0.5) is 0 Å². The van der Waals surface area contributed by atoms with Crippen molar-refractivity contribution in [2.24, 2.45) is 0 Å². The first-order valence-electron chi connectivity index (χ1n) is 27.3. The fourth-order valence-corrected chi connectivity index (χ4v) is 9.00. The fraction of sp³-hybridized carbons (Fsp3) is 0.342. The molecule has 0 saturated carbocycles. The summed E-state index contributed by atoms with van der Waals surface area (Å²) >= 11 is 0. The van der Waals surface area contributed by atoms with E-state index in [9.17, 15) is 0 Å². The van der Waals surface area contributed by atoms with Gasteiger partial charge in [0.1, 0.15) is 39.3 Å². The zero-order valence-corrected chi connectivity index (χ0v) is 49.8. The van der Waals surface area contributed by atoms with Crippen LogP contribution in [0.1, 0.15) is 166 Å². The van der Waals surface area contributed by atoms with Gasteiger partial charge in [-0.2, -0.15) is 0 Å². The molecule has 6 nitrogen and oxygen atoms in total. The lowest BCUT2D eigenvalue weighted by atomic mass is 9.85. The van der Waals surface area contributed by atoms with Crippen molar-refractivity contribution in [3.05, 3.63) is 217 Å². The Morgan fingerprint density at radius 3 is 1.39 bits per heavy atom. The molecule has 79 heavy (non-hydrogen) atoms. The molecule has 0 radical (unpaired) electrons. The van der Waals surface area contributed by atoms with E-state index >= 15 is 0 Å². The Bertz CT molecular complexity index is 3570. The third-order valence-corrected chi connectivity index (χ3v) is 13.7. The molecule has 6 heteroatoms. The molecule has 0 aliphatic rings. The number of rotatable bonds is 0. The smallest absolute Gasteiger partial charge is 0.137 e. The molecule has 0 N–H and O–H groups in total. The highest BCUT2D eigenvalue weighted by molar-refractivity contribution is 5.84. The van der Waals surface area contributed by atoms with Crippen LogP contribution >= 0.6 is 0 Å². The number of para-hydroxylation sites is 3. The van der Waals surface area contributed by atoms with Gasteiger partial charge in [-0.1, -0.05) is 217 Å². The van der Waals surface area contributed by atoms with Crippen LogP contribution in [0, 0.1) is 0 Å². The summed E-state index contributed by atoms with van der Waals surface area (Å²) in [5.74, 6) is 1.05. The average molecular weight is 1060 g/mol. The van der Waals surface area contributed by atoms with E-state index < -0.39 is 0 Å². The van der Waals surface area contributed by atoms with Crippen molar-refractivity contribution < 1.29 is 26.5 Å². The molecule has 0 bridgehead atoms. The third kappa shape index (κ3) is 15.7. The maximum Gasteiger partial charge on any atom is 0.137 e.